The van der Waals surface area contributed by atoms with Gasteiger partial charge in [-0.15, -0.1) is 13.8 Å². The van der Waals surface area contributed by atoms with E-state index >= 15 is 0 Å². The Morgan fingerprint density at radius 3 is 2.50 bits per heavy atom. The summed E-state index contributed by atoms with van der Waals surface area (Å²) in [5.74, 6) is 0.762. The molecule has 1 fully saturated rings. The van der Waals surface area contributed by atoms with E-state index in [2.05, 4.69) is 43.5 Å². The summed E-state index contributed by atoms with van der Waals surface area (Å²) in [6, 6.07) is 0.0688. The van der Waals surface area contributed by atoms with Gasteiger partial charge in [-0.3, -0.25) is 4.90 Å². The van der Waals surface area contributed by atoms with E-state index in [1.165, 1.54) is 10.7 Å². The number of fused-ring (bicyclic) bond motifs is 1. The van der Waals surface area contributed by atoms with Crippen molar-refractivity contribution in [1.82, 2.24) is 24.2 Å². The predicted molar refractivity (Wildman–Crippen MR) is 154 cm³/mol. The van der Waals surface area contributed by atoms with Gasteiger partial charge in [0.1, 0.15) is 16.4 Å². The molecule has 2 N–H and O–H groups in total. The van der Waals surface area contributed by atoms with Crippen LogP contribution in [0.5, 0.6) is 0 Å². The Bertz CT molecular complexity index is 1450. The van der Waals surface area contributed by atoms with Gasteiger partial charge in [-0.1, -0.05) is 5.38 Å². The molecule has 1 aliphatic rings. The van der Waals surface area contributed by atoms with Crippen molar-refractivity contribution in [1.29, 1.82) is 0 Å². The summed E-state index contributed by atoms with van der Waals surface area (Å²) in [4.78, 5) is 25.8. The zero-order valence-corrected chi connectivity index (χ0v) is 33.8. The third kappa shape index (κ3) is 8.27. The second-order valence-corrected chi connectivity index (χ2v) is 12.7. The summed E-state index contributed by atoms with van der Waals surface area (Å²) in [5.41, 5.74) is 3.69. The number of nitrogens with one attached hydrogen (secondary N) is 2. The van der Waals surface area contributed by atoms with Crippen molar-refractivity contribution in [2.24, 2.45) is 0 Å². The molecule has 4 heterocycles. The zero-order chi connectivity index (χ0) is 26.7. The van der Waals surface area contributed by atoms with Crippen molar-refractivity contribution in [3.8, 4) is 0 Å². The van der Waals surface area contributed by atoms with Crippen LogP contribution in [0.4, 0.5) is 10.9 Å². The molecule has 0 bridgehead atoms. The number of aromatic nitrogens is 3. The van der Waals surface area contributed by atoms with Gasteiger partial charge in [0.25, 0.3) is 10.0 Å². The fraction of sp³-hybridized carbons (Fsp3) is 0.400. The molecule has 210 valence electrons. The molecule has 40 heavy (non-hydrogen) atoms. The molecule has 3 aromatic rings. The number of thiophene rings is 1. The molecule has 15 heteroatoms. The molecule has 0 aromatic carbocycles. The number of sulfonamides is 1. The Morgan fingerprint density at radius 2 is 1.90 bits per heavy atom. The third-order valence-corrected chi connectivity index (χ3v) is 10.5. The van der Waals surface area contributed by atoms with Crippen LogP contribution in [-0.2, 0) is 14.8 Å². The summed E-state index contributed by atoms with van der Waals surface area (Å²) < 4.78 is 28.9. The minimum Gasteiger partial charge on any atom is -0.467 e. The van der Waals surface area contributed by atoms with Gasteiger partial charge in [-0.05, 0) is 13.8 Å². The molecule has 1 amide bonds. The number of hydrogen-bond donors (Lipinski definition) is 2. The molecule has 10 nitrogen and oxygen atoms in total. The Morgan fingerprint density at radius 1 is 1.23 bits per heavy atom. The fourth-order valence-corrected chi connectivity index (χ4v) is 8.21. The number of amides is 1. The van der Waals surface area contributed by atoms with E-state index in [0.717, 1.165) is 45.1 Å². The molecule has 0 radical (unpaired) electrons. The van der Waals surface area contributed by atoms with Crippen LogP contribution in [0.1, 0.15) is 32.0 Å². The van der Waals surface area contributed by atoms with Crippen molar-refractivity contribution < 1.29 is 75.4 Å². The van der Waals surface area contributed by atoms with Crippen molar-refractivity contribution >= 4 is 65.8 Å². The number of piperazine rings is 1. The predicted octanol–water partition coefficient (Wildman–Crippen LogP) is 3.78. The van der Waals surface area contributed by atoms with E-state index in [-0.39, 0.29) is 85.0 Å². The normalized spacial score (nSPS) is 15.3. The van der Waals surface area contributed by atoms with E-state index in [0.29, 0.717) is 37.4 Å². The number of rotatable bonds is 10. The van der Waals surface area contributed by atoms with Crippen LogP contribution >= 0.6 is 22.7 Å². The third-order valence-electron chi connectivity index (χ3n) is 6.00. The number of aryl methyl sites for hydroxylation is 1. The number of carbonyl (C=O) groups excluding carboxylic acids is 1. The maximum Gasteiger partial charge on any atom is 2.00 e. The average Bonchev–Trinajstić information content (AvgIpc) is 3.44. The molecule has 3 aromatic heterocycles. The van der Waals surface area contributed by atoms with E-state index in [1.54, 1.807) is 24.6 Å². The Kier molecular flexibility index (Phi) is 15.2. The van der Waals surface area contributed by atoms with Crippen molar-refractivity contribution in [2.45, 2.75) is 37.9 Å². The second-order valence-electron chi connectivity index (χ2n) is 8.73. The number of thiazole rings is 1. The maximum absolute atomic E-state index is 13.1. The largest absolute Gasteiger partial charge is 2.00 e. The molecule has 0 aliphatic carbocycles. The summed E-state index contributed by atoms with van der Waals surface area (Å²) in [7, 11) is -3.68. The monoisotopic (exact) mass is 1050 g/mol. The van der Waals surface area contributed by atoms with Crippen molar-refractivity contribution in [3.63, 3.8) is 0 Å². The van der Waals surface area contributed by atoms with Gasteiger partial charge >= 0.3 is 62.2 Å². The summed E-state index contributed by atoms with van der Waals surface area (Å²) in [6.07, 6.45) is 6.23. The molecule has 1 atom stereocenters. The Labute approximate surface area is 292 Å². The first-order chi connectivity index (χ1) is 17.6. The fourth-order valence-electron chi connectivity index (χ4n) is 4.33. The van der Waals surface area contributed by atoms with Gasteiger partial charge in [0.15, 0.2) is 0 Å². The van der Waals surface area contributed by atoms with Gasteiger partial charge in [0, 0.05) is 55.1 Å². The molecule has 0 saturated carbocycles. The minimum absolute atomic E-state index is 0. The molecule has 1 saturated heterocycles. The smallest absolute Gasteiger partial charge is 0.467 e. The number of nitrogens with zero attached hydrogens (tertiary/aromatic N) is 5. The van der Waals surface area contributed by atoms with Gasteiger partial charge in [0.2, 0.25) is 0 Å². The summed E-state index contributed by atoms with van der Waals surface area (Å²) in [5, 5.41) is 8.04. The Hall–Kier alpha value is -0.606. The standard InChI is InChI=1S/C24H28N7O3S3.CH3.2U/c1-6-18(15(2)3)19-12-35-21-20(19)25-13-26-22(21)28-16(4)11-30-7-9-31(10-8-30)37(33,34)23-17(5)29-24(36-23)27-14-32;;;/h2,12-13,16H,7-11H2,1,3-5H3,(H,25,26,28)(H,27,29,32);1H3;;/q-3;-1;2*+2/t16-;;;/m0.../s1. The SMILES string of the molecule is [CH-]=C(C)C(=[C-]C)c1csc2c(N[C@@H](C)CN3CCN(S(=O)(=O)c4sc(N[C-]=O)nc4C)CC3)ncnc12.[CH3-].[U+2].[U+2]. The van der Waals surface area contributed by atoms with E-state index in [4.69, 9.17) is 6.58 Å². The van der Waals surface area contributed by atoms with E-state index in [9.17, 15) is 13.2 Å². The van der Waals surface area contributed by atoms with Crippen molar-refractivity contribution in [3.05, 3.63) is 48.6 Å². The number of allylic oxidation sites excluding steroid dienone is 3. The first-order valence-corrected chi connectivity index (χ1v) is 14.8. The van der Waals surface area contributed by atoms with Crippen LogP contribution in [0, 0.1) is 89.2 Å². The van der Waals surface area contributed by atoms with Gasteiger partial charge in [-0.25, -0.2) is 18.4 Å². The van der Waals surface area contributed by atoms with Gasteiger partial charge in [-0.2, -0.15) is 32.5 Å². The molecule has 0 spiro atoms. The van der Waals surface area contributed by atoms with Crippen molar-refractivity contribution in [2.75, 3.05) is 43.4 Å². The van der Waals surface area contributed by atoms with Gasteiger partial charge < -0.3 is 51.6 Å². The number of hydrogen-bond acceptors (Lipinski definition) is 10. The Balaban J connectivity index is 0.00000267. The van der Waals surface area contributed by atoms with Crippen LogP contribution < -0.4 is 10.6 Å². The maximum atomic E-state index is 13.1. The molecular formula is C25H31N7O3S3U2. The molecular weight excluding hydrogens is 1020 g/mol. The topological polar surface area (TPSA) is 120 Å². The minimum atomic E-state index is -3.68. The van der Waals surface area contributed by atoms with E-state index < -0.39 is 10.0 Å². The summed E-state index contributed by atoms with van der Waals surface area (Å²) in [6.45, 7) is 16.1. The van der Waals surface area contributed by atoms with Crippen LogP contribution in [-0.4, -0.2) is 77.8 Å². The molecule has 0 unspecified atom stereocenters. The first kappa shape index (κ1) is 37.4. The average molecular weight is 1050 g/mol. The molecule has 1 aliphatic heterocycles. The molecule has 4 rings (SSSR count). The quantitative estimate of drug-likeness (QED) is 0.179. The summed E-state index contributed by atoms with van der Waals surface area (Å²) >= 11 is 2.50. The number of anilines is 2. The zero-order valence-electron chi connectivity index (χ0n) is 23.0. The first-order valence-electron chi connectivity index (χ1n) is 11.6. The van der Waals surface area contributed by atoms with Crippen LogP contribution in [0.15, 0.2) is 21.5 Å². The van der Waals surface area contributed by atoms with E-state index in [1.807, 2.05) is 19.2 Å². The second kappa shape index (κ2) is 16.3. The van der Waals surface area contributed by atoms with Crippen LogP contribution in [0.25, 0.3) is 15.8 Å². The van der Waals surface area contributed by atoms with Gasteiger partial charge in [0.05, 0.1) is 11.1 Å². The van der Waals surface area contributed by atoms with Crippen LogP contribution in [0.3, 0.4) is 0 Å². The van der Waals surface area contributed by atoms with Crippen LogP contribution in [0.2, 0.25) is 0 Å².